The first-order valence-corrected chi connectivity index (χ1v) is 11.2. The number of hydrogen-bond donors (Lipinski definition) is 0. The molecule has 0 aliphatic rings. The van der Waals surface area contributed by atoms with Gasteiger partial charge >= 0.3 is 0 Å². The molecule has 0 radical (unpaired) electrons. The van der Waals surface area contributed by atoms with Gasteiger partial charge in [-0.3, -0.25) is 10.1 Å². The van der Waals surface area contributed by atoms with E-state index in [-0.39, 0.29) is 28.7 Å². The summed E-state index contributed by atoms with van der Waals surface area (Å²) >= 11 is 0. The molecule has 0 N–H and O–H groups in total. The van der Waals surface area contributed by atoms with E-state index >= 15 is 0 Å². The van der Waals surface area contributed by atoms with Crippen LogP contribution in [0.1, 0.15) is 16.7 Å². The van der Waals surface area contributed by atoms with Crippen molar-refractivity contribution in [3.8, 4) is 17.2 Å². The van der Waals surface area contributed by atoms with Crippen molar-refractivity contribution in [1.29, 1.82) is 0 Å². The molecule has 0 saturated heterocycles. The van der Waals surface area contributed by atoms with Crippen LogP contribution in [0.15, 0.2) is 65.6 Å². The summed E-state index contributed by atoms with van der Waals surface area (Å²) in [5.41, 5.74) is 1.81. The van der Waals surface area contributed by atoms with Crippen LogP contribution in [0.4, 0.5) is 5.69 Å². The number of hydrogen-bond acceptors (Lipinski definition) is 6. The molecule has 9 heteroatoms. The Morgan fingerprint density at radius 2 is 1.60 bits per heavy atom. The molecule has 0 amide bonds. The average molecular weight is 448 g/mol. The quantitative estimate of drug-likeness (QED) is 0.269. The van der Waals surface area contributed by atoms with E-state index in [2.05, 4.69) is 0 Å². The molecular formula is C21H18ClNO6S. The first-order chi connectivity index (χ1) is 14.2. The zero-order valence-electron chi connectivity index (χ0n) is 16.2. The monoisotopic (exact) mass is 447 g/mol. The summed E-state index contributed by atoms with van der Waals surface area (Å²) in [5, 5.41) is 11.1. The molecule has 3 aromatic rings. The molecule has 0 bridgehead atoms. The highest BCUT2D eigenvalue weighted by Gasteiger charge is 2.23. The summed E-state index contributed by atoms with van der Waals surface area (Å²) in [7, 11) is 1.49. The van der Waals surface area contributed by atoms with Crippen LogP contribution in [0, 0.1) is 24.0 Å². The van der Waals surface area contributed by atoms with Gasteiger partial charge in [-0.25, -0.2) is 8.42 Å². The van der Waals surface area contributed by atoms with Crippen molar-refractivity contribution in [2.24, 2.45) is 0 Å². The second kappa shape index (κ2) is 8.73. The number of aryl methyl sites for hydroxylation is 2. The molecule has 3 aromatic carbocycles. The number of ether oxygens (including phenoxy) is 2. The Labute approximate surface area is 178 Å². The summed E-state index contributed by atoms with van der Waals surface area (Å²) < 4.78 is 35.9. The second-order valence-electron chi connectivity index (χ2n) is 6.56. The minimum absolute atomic E-state index is 0.0338. The summed E-state index contributed by atoms with van der Waals surface area (Å²) in [6, 6.07) is 16.3. The molecule has 0 aromatic heterocycles. The van der Waals surface area contributed by atoms with E-state index in [0.717, 1.165) is 5.56 Å². The molecular weight excluding hydrogens is 430 g/mol. The van der Waals surface area contributed by atoms with Crippen LogP contribution in [0.5, 0.6) is 17.2 Å². The Bertz CT molecular complexity index is 1170. The maximum Gasteiger partial charge on any atom is 0.270 e. The van der Waals surface area contributed by atoms with Gasteiger partial charge in [0, 0.05) is 22.8 Å². The zero-order chi connectivity index (χ0) is 21.9. The molecule has 3 rings (SSSR count). The topological polar surface area (TPSA) is 95.7 Å². The van der Waals surface area contributed by atoms with Gasteiger partial charge in [0.2, 0.25) is 0 Å². The fourth-order valence-corrected chi connectivity index (χ4v) is 3.93. The Morgan fingerprint density at radius 3 is 2.17 bits per heavy atom. The number of nitro benzene ring substituents is 1. The largest absolute Gasteiger partial charge is 0.484 e. The molecule has 0 fully saturated rings. The van der Waals surface area contributed by atoms with Gasteiger partial charge in [-0.05, 0) is 42.7 Å². The Morgan fingerprint density at radius 1 is 0.967 bits per heavy atom. The first kappa shape index (κ1) is 21.6. The first-order valence-electron chi connectivity index (χ1n) is 8.84. The molecule has 0 saturated carbocycles. The fourth-order valence-electron chi connectivity index (χ4n) is 2.94. The van der Waals surface area contributed by atoms with Gasteiger partial charge in [0.1, 0.15) is 17.3 Å². The average Bonchev–Trinajstić information content (AvgIpc) is 2.69. The molecule has 0 aliphatic carbocycles. The van der Waals surface area contributed by atoms with Crippen molar-refractivity contribution < 1.29 is 22.8 Å². The van der Waals surface area contributed by atoms with Crippen LogP contribution in [0.3, 0.4) is 0 Å². The lowest BCUT2D eigenvalue weighted by molar-refractivity contribution is -0.385. The molecule has 0 aliphatic heterocycles. The smallest absolute Gasteiger partial charge is 0.270 e. The van der Waals surface area contributed by atoms with Crippen molar-refractivity contribution in [1.82, 2.24) is 0 Å². The summed E-state index contributed by atoms with van der Waals surface area (Å²) in [6.45, 7) is 3.43. The molecule has 0 atom stereocenters. The van der Waals surface area contributed by atoms with E-state index in [1.165, 1.54) is 24.3 Å². The number of nitro groups is 1. The number of para-hydroxylation sites is 1. The lowest BCUT2D eigenvalue weighted by Gasteiger charge is -2.17. The predicted molar refractivity (Wildman–Crippen MR) is 113 cm³/mol. The van der Waals surface area contributed by atoms with Crippen LogP contribution >= 0.6 is 10.7 Å². The third-order valence-electron chi connectivity index (χ3n) is 4.30. The van der Waals surface area contributed by atoms with E-state index in [0.29, 0.717) is 16.9 Å². The number of rotatable bonds is 7. The molecule has 0 unspecified atom stereocenters. The maximum atomic E-state index is 12.1. The predicted octanol–water partition coefficient (Wildman–Crippen LogP) is 5.51. The Kier molecular flexibility index (Phi) is 6.28. The number of non-ortho nitro benzene ring substituents is 1. The molecule has 7 nitrogen and oxygen atoms in total. The Balaban J connectivity index is 2.03. The highest BCUT2D eigenvalue weighted by molar-refractivity contribution is 8.13. The highest BCUT2D eigenvalue weighted by Crippen LogP contribution is 2.41. The molecule has 156 valence electrons. The molecule has 0 spiro atoms. The van der Waals surface area contributed by atoms with Crippen LogP contribution < -0.4 is 9.47 Å². The highest BCUT2D eigenvalue weighted by atomic mass is 35.7. The van der Waals surface area contributed by atoms with Crippen molar-refractivity contribution in [3.63, 3.8) is 0 Å². The van der Waals surface area contributed by atoms with E-state index in [9.17, 15) is 18.5 Å². The van der Waals surface area contributed by atoms with Gasteiger partial charge in [-0.2, -0.15) is 0 Å². The van der Waals surface area contributed by atoms with E-state index in [1.807, 2.05) is 30.3 Å². The number of benzene rings is 3. The van der Waals surface area contributed by atoms with Crippen molar-refractivity contribution in [3.05, 3.63) is 87.5 Å². The maximum absolute atomic E-state index is 12.1. The standard InChI is InChI=1S/C21H18ClNO6S/c1-14-11-17(23(24)25)12-15(2)20(14)29-18-9-6-10-19(30(22,26)27)21(18)28-13-16-7-4-3-5-8-16/h3-12H,13H2,1-2H3. The van der Waals surface area contributed by atoms with Gasteiger partial charge in [0.05, 0.1) is 4.92 Å². The summed E-state index contributed by atoms with van der Waals surface area (Å²) in [6.07, 6.45) is 0. The van der Waals surface area contributed by atoms with Gasteiger partial charge in [0.25, 0.3) is 14.7 Å². The van der Waals surface area contributed by atoms with Gasteiger partial charge in [0.15, 0.2) is 11.5 Å². The van der Waals surface area contributed by atoms with Crippen LogP contribution in [-0.2, 0) is 15.7 Å². The fraction of sp³-hybridized carbons (Fsp3) is 0.143. The number of nitrogens with zero attached hydrogens (tertiary/aromatic N) is 1. The van der Waals surface area contributed by atoms with E-state index < -0.39 is 14.0 Å². The van der Waals surface area contributed by atoms with E-state index in [1.54, 1.807) is 19.9 Å². The van der Waals surface area contributed by atoms with E-state index in [4.69, 9.17) is 20.2 Å². The zero-order valence-corrected chi connectivity index (χ0v) is 17.7. The normalized spacial score (nSPS) is 11.2. The van der Waals surface area contributed by atoms with Gasteiger partial charge in [-0.15, -0.1) is 0 Å². The summed E-state index contributed by atoms with van der Waals surface area (Å²) in [4.78, 5) is 10.4. The van der Waals surface area contributed by atoms with Crippen LogP contribution in [0.2, 0.25) is 0 Å². The molecule has 30 heavy (non-hydrogen) atoms. The molecule has 0 heterocycles. The minimum atomic E-state index is -4.11. The van der Waals surface area contributed by atoms with Gasteiger partial charge in [-0.1, -0.05) is 36.4 Å². The second-order valence-corrected chi connectivity index (χ2v) is 9.10. The Hall–Kier alpha value is -3.10. The number of halogens is 1. The van der Waals surface area contributed by atoms with Crippen LogP contribution in [-0.4, -0.2) is 13.3 Å². The lowest BCUT2D eigenvalue weighted by Crippen LogP contribution is -2.03. The van der Waals surface area contributed by atoms with Crippen LogP contribution in [0.25, 0.3) is 0 Å². The third kappa shape index (κ3) is 4.90. The summed E-state index contributed by atoms with van der Waals surface area (Å²) in [5.74, 6) is 0.468. The third-order valence-corrected chi connectivity index (χ3v) is 5.64. The lowest BCUT2D eigenvalue weighted by atomic mass is 10.1. The minimum Gasteiger partial charge on any atom is -0.484 e. The van der Waals surface area contributed by atoms with Crippen molar-refractivity contribution >= 4 is 25.4 Å². The van der Waals surface area contributed by atoms with Crippen molar-refractivity contribution in [2.45, 2.75) is 25.3 Å². The van der Waals surface area contributed by atoms with Gasteiger partial charge < -0.3 is 9.47 Å². The van der Waals surface area contributed by atoms with Crippen molar-refractivity contribution in [2.75, 3.05) is 0 Å². The SMILES string of the molecule is Cc1cc([N+](=O)[O-])cc(C)c1Oc1cccc(S(=O)(=O)Cl)c1OCc1ccccc1.